The van der Waals surface area contributed by atoms with E-state index in [1.807, 2.05) is 25.1 Å². The number of carbonyl (C=O) groups excluding carboxylic acids is 1. The molecule has 11 heteroatoms. The average Bonchev–Trinajstić information content (AvgIpc) is 3.22. The molecule has 0 radical (unpaired) electrons. The third kappa shape index (κ3) is 5.61. The maximum absolute atomic E-state index is 12.9. The molecule has 32 heavy (non-hydrogen) atoms. The second-order valence-corrected chi connectivity index (χ2v) is 9.90. The second-order valence-electron chi connectivity index (χ2n) is 6.93. The number of carbonyl (C=O) groups is 1. The zero-order valence-corrected chi connectivity index (χ0v) is 19.8. The summed E-state index contributed by atoms with van der Waals surface area (Å²) in [5.41, 5.74) is 7.68. The van der Waals surface area contributed by atoms with Crippen molar-refractivity contribution in [3.8, 4) is 0 Å². The van der Waals surface area contributed by atoms with E-state index in [-0.39, 0.29) is 31.2 Å². The molecule has 0 spiro atoms. The van der Waals surface area contributed by atoms with E-state index < -0.39 is 15.9 Å². The van der Waals surface area contributed by atoms with Gasteiger partial charge in [0.2, 0.25) is 15.2 Å². The second kappa shape index (κ2) is 10.8. The number of anilines is 1. The summed E-state index contributed by atoms with van der Waals surface area (Å²) in [7, 11) is -0.721. The number of ether oxygens (including phenoxy) is 2. The molecule has 0 unspecified atom stereocenters. The number of hydrogen-bond acceptors (Lipinski definition) is 8. The fourth-order valence-corrected chi connectivity index (χ4v) is 5.29. The molecule has 3 aromatic rings. The Morgan fingerprint density at radius 1 is 1.06 bits per heavy atom. The molecule has 0 saturated heterocycles. The Kier molecular flexibility index (Phi) is 8.15. The van der Waals surface area contributed by atoms with Crippen LogP contribution in [0.4, 0.5) is 5.13 Å². The van der Waals surface area contributed by atoms with Gasteiger partial charge in [0.15, 0.2) is 0 Å². The first-order chi connectivity index (χ1) is 15.4. The Morgan fingerprint density at radius 2 is 1.72 bits per heavy atom. The van der Waals surface area contributed by atoms with Gasteiger partial charge in [-0.3, -0.25) is 15.6 Å². The summed E-state index contributed by atoms with van der Waals surface area (Å²) in [6.07, 6.45) is 0. The first-order valence-electron chi connectivity index (χ1n) is 9.87. The van der Waals surface area contributed by atoms with Gasteiger partial charge < -0.3 is 9.47 Å². The highest BCUT2D eigenvalue weighted by Crippen LogP contribution is 2.27. The minimum Gasteiger partial charge on any atom is -0.383 e. The first-order valence-corrected chi connectivity index (χ1v) is 12.1. The molecule has 0 aliphatic carbocycles. The molecule has 1 heterocycles. The topological polar surface area (TPSA) is 110 Å². The molecule has 9 nitrogen and oxygen atoms in total. The number of hydrazine groups is 1. The van der Waals surface area contributed by atoms with Crippen molar-refractivity contribution in [1.29, 1.82) is 0 Å². The van der Waals surface area contributed by atoms with Crippen LogP contribution in [0.5, 0.6) is 0 Å². The van der Waals surface area contributed by atoms with Crippen molar-refractivity contribution in [2.45, 2.75) is 11.8 Å². The summed E-state index contributed by atoms with van der Waals surface area (Å²) in [5.74, 6) is -0.402. The Labute approximate surface area is 191 Å². The standard InChI is InChI=1S/C21H26N4O5S2/c1-15-5-4-6-18-19(15)22-21(31-18)24-23-20(26)16-7-9-17(10-8-16)32(27,28)25(11-13-29-2)12-14-30-3/h4-10H,11-14H2,1-3H3,(H,22,24)(H,23,26). The number of aryl methyl sites for hydroxylation is 1. The van der Waals surface area contributed by atoms with Gasteiger partial charge >= 0.3 is 0 Å². The normalized spacial score (nSPS) is 11.8. The van der Waals surface area contributed by atoms with Crippen molar-refractivity contribution in [1.82, 2.24) is 14.7 Å². The number of nitrogens with zero attached hydrogens (tertiary/aromatic N) is 2. The van der Waals surface area contributed by atoms with Crippen LogP contribution < -0.4 is 10.9 Å². The van der Waals surface area contributed by atoms with Crippen molar-refractivity contribution >= 4 is 42.6 Å². The Hall–Kier alpha value is -2.57. The molecule has 2 N–H and O–H groups in total. The van der Waals surface area contributed by atoms with Crippen LogP contribution in [0.25, 0.3) is 10.2 Å². The molecule has 0 atom stereocenters. The number of nitrogens with one attached hydrogen (secondary N) is 2. The van der Waals surface area contributed by atoms with Gasteiger partial charge in [-0.15, -0.1) is 0 Å². The van der Waals surface area contributed by atoms with Crippen LogP contribution in [0.3, 0.4) is 0 Å². The van der Waals surface area contributed by atoms with Crippen LogP contribution >= 0.6 is 11.3 Å². The summed E-state index contributed by atoms with van der Waals surface area (Å²) in [5, 5.41) is 0.564. The molecule has 0 fully saturated rings. The number of benzene rings is 2. The fraction of sp³-hybridized carbons (Fsp3) is 0.333. The molecular weight excluding hydrogens is 452 g/mol. The van der Waals surface area contributed by atoms with E-state index in [0.717, 1.165) is 15.8 Å². The van der Waals surface area contributed by atoms with E-state index in [1.54, 1.807) is 0 Å². The summed E-state index contributed by atoms with van der Waals surface area (Å²) in [6, 6.07) is 11.7. The van der Waals surface area contributed by atoms with Gasteiger partial charge in [0, 0.05) is 32.9 Å². The quantitative estimate of drug-likeness (QED) is 0.408. The summed E-state index contributed by atoms with van der Waals surface area (Å²) in [6.45, 7) is 2.92. The van der Waals surface area contributed by atoms with Crippen LogP contribution in [-0.2, 0) is 19.5 Å². The van der Waals surface area contributed by atoms with Crippen LogP contribution in [0.2, 0.25) is 0 Å². The molecule has 172 valence electrons. The average molecular weight is 479 g/mol. The number of methoxy groups -OCH3 is 2. The minimum absolute atomic E-state index is 0.0934. The highest BCUT2D eigenvalue weighted by atomic mass is 32.2. The van der Waals surface area contributed by atoms with Crippen LogP contribution in [-0.4, -0.2) is 64.1 Å². The molecule has 1 aromatic heterocycles. The predicted octanol–water partition coefficient (Wildman–Crippen LogP) is 2.65. The summed E-state index contributed by atoms with van der Waals surface area (Å²) in [4.78, 5) is 17.1. The maximum Gasteiger partial charge on any atom is 0.269 e. The summed E-state index contributed by atoms with van der Waals surface area (Å²) >= 11 is 1.43. The molecule has 0 bridgehead atoms. The van der Waals surface area contributed by atoms with Crippen LogP contribution in [0, 0.1) is 6.92 Å². The van der Waals surface area contributed by atoms with E-state index in [1.165, 1.54) is 54.1 Å². The highest BCUT2D eigenvalue weighted by Gasteiger charge is 2.24. The van der Waals surface area contributed by atoms with E-state index in [0.29, 0.717) is 10.7 Å². The number of fused-ring (bicyclic) bond motifs is 1. The van der Waals surface area contributed by atoms with Gasteiger partial charge in [-0.25, -0.2) is 13.4 Å². The van der Waals surface area contributed by atoms with Crippen LogP contribution in [0.1, 0.15) is 15.9 Å². The van der Waals surface area contributed by atoms with Crippen molar-refractivity contribution in [2.24, 2.45) is 0 Å². The van der Waals surface area contributed by atoms with E-state index in [4.69, 9.17) is 9.47 Å². The SMILES string of the molecule is COCCN(CCOC)S(=O)(=O)c1ccc(C(=O)NNc2nc3c(C)cccc3s2)cc1. The smallest absolute Gasteiger partial charge is 0.269 e. The van der Waals surface area contributed by atoms with Gasteiger partial charge in [-0.1, -0.05) is 23.5 Å². The maximum atomic E-state index is 12.9. The van der Waals surface area contributed by atoms with Gasteiger partial charge in [0.25, 0.3) is 5.91 Å². The lowest BCUT2D eigenvalue weighted by Gasteiger charge is -2.21. The zero-order valence-electron chi connectivity index (χ0n) is 18.1. The van der Waals surface area contributed by atoms with E-state index in [9.17, 15) is 13.2 Å². The van der Waals surface area contributed by atoms with Crippen molar-refractivity contribution in [2.75, 3.05) is 45.9 Å². The Balaban J connectivity index is 1.67. The van der Waals surface area contributed by atoms with Crippen molar-refractivity contribution in [3.63, 3.8) is 0 Å². The molecule has 2 aromatic carbocycles. The van der Waals surface area contributed by atoms with Gasteiger partial charge in [0.1, 0.15) is 0 Å². The Morgan fingerprint density at radius 3 is 2.31 bits per heavy atom. The van der Waals surface area contributed by atoms with Crippen molar-refractivity contribution < 1.29 is 22.7 Å². The van der Waals surface area contributed by atoms with Crippen LogP contribution in [0.15, 0.2) is 47.4 Å². The molecule has 1 amide bonds. The lowest BCUT2D eigenvalue weighted by molar-refractivity contribution is 0.0962. The Bertz CT molecular complexity index is 1150. The number of para-hydroxylation sites is 1. The largest absolute Gasteiger partial charge is 0.383 e. The number of rotatable bonds is 11. The third-order valence-electron chi connectivity index (χ3n) is 4.75. The van der Waals surface area contributed by atoms with Gasteiger partial charge in [0.05, 0.1) is 28.3 Å². The van der Waals surface area contributed by atoms with E-state index in [2.05, 4.69) is 15.8 Å². The highest BCUT2D eigenvalue weighted by molar-refractivity contribution is 7.89. The lowest BCUT2D eigenvalue weighted by atomic mass is 10.2. The summed E-state index contributed by atoms with van der Waals surface area (Å²) < 4.78 is 38.2. The lowest BCUT2D eigenvalue weighted by Crippen LogP contribution is -2.36. The molecule has 3 rings (SSSR count). The molecular formula is C21H26N4O5S2. The number of sulfonamides is 1. The molecule has 0 aliphatic rings. The molecule has 0 saturated carbocycles. The number of thiazole rings is 1. The molecule has 0 aliphatic heterocycles. The first kappa shape index (κ1) is 24.1. The zero-order chi connectivity index (χ0) is 23.1. The number of aromatic nitrogens is 1. The third-order valence-corrected chi connectivity index (χ3v) is 7.60. The fourth-order valence-electron chi connectivity index (χ4n) is 2.99. The van der Waals surface area contributed by atoms with Gasteiger partial charge in [-0.05, 0) is 42.8 Å². The minimum atomic E-state index is -3.74. The monoisotopic (exact) mass is 478 g/mol. The number of amides is 1. The van der Waals surface area contributed by atoms with Gasteiger partial charge in [-0.2, -0.15) is 4.31 Å². The van der Waals surface area contributed by atoms with E-state index >= 15 is 0 Å². The van der Waals surface area contributed by atoms with Crippen molar-refractivity contribution in [3.05, 3.63) is 53.6 Å². The predicted molar refractivity (Wildman–Crippen MR) is 124 cm³/mol. The number of hydrogen-bond donors (Lipinski definition) is 2.